The van der Waals surface area contributed by atoms with E-state index in [1.165, 1.54) is 0 Å². The van der Waals surface area contributed by atoms with E-state index in [0.717, 1.165) is 11.5 Å². The molecular formula is C8H14N4. The molecule has 0 aliphatic carbocycles. The van der Waals surface area contributed by atoms with E-state index in [-0.39, 0.29) is 0 Å². The number of hydrogen-bond donors (Lipinski definition) is 2. The van der Waals surface area contributed by atoms with Gasteiger partial charge >= 0.3 is 0 Å². The van der Waals surface area contributed by atoms with Gasteiger partial charge in [0.2, 0.25) is 0 Å². The molecule has 0 radical (unpaired) electrons. The Kier molecular flexibility index (Phi) is 2.99. The fourth-order valence-electron chi connectivity index (χ4n) is 0.870. The molecule has 4 nitrogen and oxygen atoms in total. The van der Waals surface area contributed by atoms with E-state index in [1.807, 2.05) is 0 Å². The van der Waals surface area contributed by atoms with Crippen molar-refractivity contribution in [2.24, 2.45) is 5.73 Å². The molecule has 0 amide bonds. The number of nitrogens with two attached hydrogens (primary N) is 1. The lowest BCUT2D eigenvalue weighted by Gasteiger charge is -2.08. The quantitative estimate of drug-likeness (QED) is 0.695. The van der Waals surface area contributed by atoms with Gasteiger partial charge in [0.15, 0.2) is 0 Å². The van der Waals surface area contributed by atoms with Crippen LogP contribution in [0.2, 0.25) is 0 Å². The van der Waals surface area contributed by atoms with Crippen LogP contribution >= 0.6 is 0 Å². The smallest absolute Gasteiger partial charge is 0.145 e. The van der Waals surface area contributed by atoms with Crippen LogP contribution in [0.25, 0.3) is 0 Å². The van der Waals surface area contributed by atoms with Gasteiger partial charge in [-0.3, -0.25) is 4.98 Å². The third-order valence-electron chi connectivity index (χ3n) is 1.33. The molecule has 1 rings (SSSR count). The Morgan fingerprint density at radius 3 is 2.83 bits per heavy atom. The first-order chi connectivity index (χ1) is 5.72. The minimum absolute atomic E-state index is 0.368. The van der Waals surface area contributed by atoms with Gasteiger partial charge in [-0.15, -0.1) is 0 Å². The van der Waals surface area contributed by atoms with Gasteiger partial charge in [-0.25, -0.2) is 4.98 Å². The molecule has 0 fully saturated rings. The summed E-state index contributed by atoms with van der Waals surface area (Å²) < 4.78 is 0. The Hall–Kier alpha value is -1.16. The van der Waals surface area contributed by atoms with E-state index in [2.05, 4.69) is 29.1 Å². The van der Waals surface area contributed by atoms with Crippen LogP contribution < -0.4 is 11.1 Å². The Labute approximate surface area is 72.2 Å². The van der Waals surface area contributed by atoms with Crippen molar-refractivity contribution >= 4 is 5.82 Å². The molecule has 12 heavy (non-hydrogen) atoms. The second kappa shape index (κ2) is 4.01. The van der Waals surface area contributed by atoms with Crippen molar-refractivity contribution in [3.05, 3.63) is 18.1 Å². The van der Waals surface area contributed by atoms with Gasteiger partial charge < -0.3 is 11.1 Å². The minimum Gasteiger partial charge on any atom is -0.367 e. The Morgan fingerprint density at radius 2 is 2.25 bits per heavy atom. The van der Waals surface area contributed by atoms with Crippen molar-refractivity contribution in [1.29, 1.82) is 0 Å². The summed E-state index contributed by atoms with van der Waals surface area (Å²) in [5.41, 5.74) is 6.23. The van der Waals surface area contributed by atoms with Gasteiger partial charge in [0.05, 0.1) is 11.9 Å². The predicted octanol–water partition coefficient (Wildman–Crippen LogP) is 0.756. The molecule has 0 aliphatic rings. The highest BCUT2D eigenvalue weighted by Crippen LogP contribution is 2.02. The highest BCUT2D eigenvalue weighted by Gasteiger charge is 1.97. The zero-order chi connectivity index (χ0) is 8.97. The van der Waals surface area contributed by atoms with Crippen molar-refractivity contribution in [1.82, 2.24) is 9.97 Å². The molecular weight excluding hydrogens is 152 g/mol. The first-order valence-corrected chi connectivity index (χ1v) is 4.00. The third kappa shape index (κ3) is 2.47. The minimum atomic E-state index is 0.368. The monoisotopic (exact) mass is 166 g/mol. The molecule has 0 unspecified atom stereocenters. The molecule has 0 spiro atoms. The zero-order valence-electron chi connectivity index (χ0n) is 7.41. The van der Waals surface area contributed by atoms with Crippen LogP contribution in [-0.4, -0.2) is 16.0 Å². The van der Waals surface area contributed by atoms with Crippen LogP contribution in [0.3, 0.4) is 0 Å². The molecule has 0 atom stereocenters. The van der Waals surface area contributed by atoms with Gasteiger partial charge in [0, 0.05) is 18.8 Å². The van der Waals surface area contributed by atoms with Crippen LogP contribution in [0.4, 0.5) is 5.82 Å². The molecule has 66 valence electrons. The fourth-order valence-corrected chi connectivity index (χ4v) is 0.870. The predicted molar refractivity (Wildman–Crippen MR) is 48.7 cm³/mol. The van der Waals surface area contributed by atoms with Gasteiger partial charge in [0.25, 0.3) is 0 Å². The first-order valence-electron chi connectivity index (χ1n) is 4.00. The fraction of sp³-hybridized carbons (Fsp3) is 0.500. The summed E-state index contributed by atoms with van der Waals surface area (Å²) in [7, 11) is 0. The number of aromatic nitrogens is 2. The van der Waals surface area contributed by atoms with Crippen LogP contribution in [0, 0.1) is 0 Å². The summed E-state index contributed by atoms with van der Waals surface area (Å²) >= 11 is 0. The molecule has 0 bridgehead atoms. The lowest BCUT2D eigenvalue weighted by Crippen LogP contribution is -2.12. The average Bonchev–Trinajstić information content (AvgIpc) is 2.03. The summed E-state index contributed by atoms with van der Waals surface area (Å²) in [6, 6.07) is 0.368. The van der Waals surface area contributed by atoms with E-state index >= 15 is 0 Å². The van der Waals surface area contributed by atoms with Crippen molar-refractivity contribution in [2.75, 3.05) is 5.32 Å². The molecule has 1 aromatic rings. The van der Waals surface area contributed by atoms with Gasteiger partial charge in [-0.1, -0.05) is 0 Å². The molecule has 0 saturated carbocycles. The van der Waals surface area contributed by atoms with E-state index in [9.17, 15) is 0 Å². The molecule has 0 saturated heterocycles. The maximum atomic E-state index is 5.42. The van der Waals surface area contributed by atoms with Crippen molar-refractivity contribution < 1.29 is 0 Å². The average molecular weight is 166 g/mol. The first kappa shape index (κ1) is 8.93. The van der Waals surface area contributed by atoms with Gasteiger partial charge in [-0.05, 0) is 13.8 Å². The van der Waals surface area contributed by atoms with Gasteiger partial charge in [0.1, 0.15) is 5.82 Å². The summed E-state index contributed by atoms with van der Waals surface area (Å²) in [4.78, 5) is 8.24. The summed E-state index contributed by atoms with van der Waals surface area (Å²) in [6.45, 7) is 4.54. The number of nitrogens with one attached hydrogen (secondary N) is 1. The molecule has 1 heterocycles. The molecule has 3 N–H and O–H groups in total. The standard InChI is InChI=1S/C8H14N4/c1-6(2)11-8-5-10-4-7(3-9)12-8/h4-6H,3,9H2,1-2H3,(H,11,12). The Morgan fingerprint density at radius 1 is 1.50 bits per heavy atom. The SMILES string of the molecule is CC(C)Nc1cncc(CN)n1. The van der Waals surface area contributed by atoms with Gasteiger partial charge in [-0.2, -0.15) is 0 Å². The van der Waals surface area contributed by atoms with Crippen LogP contribution in [0.5, 0.6) is 0 Å². The topological polar surface area (TPSA) is 63.8 Å². The van der Waals surface area contributed by atoms with Crippen LogP contribution in [-0.2, 0) is 6.54 Å². The molecule has 4 heteroatoms. The lowest BCUT2D eigenvalue weighted by atomic mass is 10.4. The highest BCUT2D eigenvalue weighted by atomic mass is 15.0. The molecule has 0 aromatic carbocycles. The number of anilines is 1. The summed E-state index contributed by atoms with van der Waals surface area (Å²) in [5.74, 6) is 0.785. The molecule has 0 aliphatic heterocycles. The van der Waals surface area contributed by atoms with Crippen molar-refractivity contribution in [3.8, 4) is 0 Å². The largest absolute Gasteiger partial charge is 0.367 e. The van der Waals surface area contributed by atoms with Crippen LogP contribution in [0.15, 0.2) is 12.4 Å². The third-order valence-corrected chi connectivity index (χ3v) is 1.33. The number of hydrogen-bond acceptors (Lipinski definition) is 4. The second-order valence-corrected chi connectivity index (χ2v) is 2.90. The summed E-state index contributed by atoms with van der Waals surface area (Å²) in [6.07, 6.45) is 3.37. The lowest BCUT2D eigenvalue weighted by molar-refractivity contribution is 0.872. The number of nitrogens with zero attached hydrogens (tertiary/aromatic N) is 2. The normalized spacial score (nSPS) is 10.3. The van der Waals surface area contributed by atoms with E-state index < -0.39 is 0 Å². The van der Waals surface area contributed by atoms with Crippen molar-refractivity contribution in [3.63, 3.8) is 0 Å². The zero-order valence-corrected chi connectivity index (χ0v) is 7.41. The van der Waals surface area contributed by atoms with E-state index in [4.69, 9.17) is 5.73 Å². The Bertz CT molecular complexity index is 247. The number of rotatable bonds is 3. The maximum absolute atomic E-state index is 5.42. The summed E-state index contributed by atoms with van der Waals surface area (Å²) in [5, 5.41) is 3.15. The van der Waals surface area contributed by atoms with Crippen LogP contribution in [0.1, 0.15) is 19.5 Å². The van der Waals surface area contributed by atoms with E-state index in [1.54, 1.807) is 12.4 Å². The van der Waals surface area contributed by atoms with E-state index in [0.29, 0.717) is 12.6 Å². The maximum Gasteiger partial charge on any atom is 0.145 e. The molecule has 1 aromatic heterocycles. The van der Waals surface area contributed by atoms with Crippen molar-refractivity contribution in [2.45, 2.75) is 26.4 Å². The highest BCUT2D eigenvalue weighted by molar-refractivity contribution is 5.32. The second-order valence-electron chi connectivity index (χ2n) is 2.90. The Balaban J connectivity index is 2.72.